The van der Waals surface area contributed by atoms with E-state index >= 15 is 0 Å². The maximum absolute atomic E-state index is 13.4. The van der Waals surface area contributed by atoms with E-state index in [0.717, 1.165) is 41.3 Å². The lowest BCUT2D eigenvalue weighted by Gasteiger charge is -2.49. The topological polar surface area (TPSA) is 244 Å². The lowest BCUT2D eigenvalue weighted by Crippen LogP contribution is -2.71. The summed E-state index contributed by atoms with van der Waals surface area (Å²) in [6, 6.07) is 2.63. The number of nitrogens with one attached hydrogen (secondary N) is 2. The lowest BCUT2D eigenvalue weighted by atomic mass is 10.0. The Morgan fingerprint density at radius 1 is 1.32 bits per heavy atom. The lowest BCUT2D eigenvalue weighted by molar-refractivity contribution is -0.664. The molecule has 2 fully saturated rings. The van der Waals surface area contributed by atoms with Crippen LogP contribution in [-0.2, 0) is 37.1 Å². The number of rotatable bonds is 11. The van der Waals surface area contributed by atoms with Crippen LogP contribution in [0.25, 0.3) is 11.2 Å². The molecule has 0 radical (unpaired) electrons. The first-order valence-corrected chi connectivity index (χ1v) is 16.6. The van der Waals surface area contributed by atoms with Crippen molar-refractivity contribution in [3.05, 3.63) is 39.6 Å². The van der Waals surface area contributed by atoms with Crippen molar-refractivity contribution < 1.29 is 38.8 Å². The molecule has 47 heavy (non-hydrogen) atoms. The van der Waals surface area contributed by atoms with Gasteiger partial charge in [0.15, 0.2) is 10.8 Å². The summed E-state index contributed by atoms with van der Waals surface area (Å²) in [4.78, 5) is 65.2. The van der Waals surface area contributed by atoms with Crippen molar-refractivity contribution >= 4 is 86.4 Å². The Bertz CT molecular complexity index is 1850. The van der Waals surface area contributed by atoms with E-state index in [2.05, 4.69) is 25.8 Å². The molecule has 20 heteroatoms. The number of fused-ring (bicyclic) bond motifs is 2. The van der Waals surface area contributed by atoms with Crippen LogP contribution in [0.15, 0.2) is 34.8 Å². The molecule has 6 rings (SSSR count). The molecule has 0 spiro atoms. The van der Waals surface area contributed by atoms with Gasteiger partial charge < -0.3 is 37.2 Å². The van der Waals surface area contributed by atoms with Crippen LogP contribution in [-0.4, -0.2) is 95.5 Å². The van der Waals surface area contributed by atoms with Gasteiger partial charge in [0.25, 0.3) is 11.8 Å². The molecule has 0 aliphatic carbocycles. The van der Waals surface area contributed by atoms with E-state index in [4.69, 9.17) is 33.0 Å². The van der Waals surface area contributed by atoms with Gasteiger partial charge in [-0.3, -0.25) is 19.1 Å². The number of halogens is 1. The number of oxime groups is 1. The van der Waals surface area contributed by atoms with Gasteiger partial charge in [0.1, 0.15) is 39.2 Å². The SMILES string of the molecule is C[C@H](O/N=C(\C(=O)NC1C(=O)N2C(C(=O)O)=C(C[n+]3cccc4c3nc(N)n4CC3CCNC3)CSC12)c1nc(N)sc1Cl)C(=O)O. The van der Waals surface area contributed by atoms with Crippen LogP contribution in [0.5, 0.6) is 0 Å². The minimum atomic E-state index is -1.41. The number of β-lactam (4-membered cyclic amide) rings is 1. The summed E-state index contributed by atoms with van der Waals surface area (Å²) in [6.07, 6.45) is 1.40. The van der Waals surface area contributed by atoms with E-state index in [-0.39, 0.29) is 33.2 Å². The van der Waals surface area contributed by atoms with Gasteiger partial charge in [0.2, 0.25) is 6.10 Å². The van der Waals surface area contributed by atoms with Gasteiger partial charge in [-0.1, -0.05) is 28.1 Å². The second-order valence-electron chi connectivity index (χ2n) is 11.1. The molecule has 3 aromatic heterocycles. The maximum atomic E-state index is 13.4. The van der Waals surface area contributed by atoms with E-state index in [1.165, 1.54) is 18.7 Å². The highest BCUT2D eigenvalue weighted by Crippen LogP contribution is 2.40. The Labute approximate surface area is 279 Å². The minimum absolute atomic E-state index is 0.00743. The number of aromatic nitrogens is 4. The van der Waals surface area contributed by atoms with Crippen LogP contribution >= 0.6 is 34.7 Å². The number of carbonyl (C=O) groups excluding carboxylic acids is 2. The van der Waals surface area contributed by atoms with Crippen molar-refractivity contribution in [1.29, 1.82) is 0 Å². The van der Waals surface area contributed by atoms with Crippen molar-refractivity contribution in [3.63, 3.8) is 0 Å². The standard InChI is InChI=1S/C27H29ClN10O7S2/c1-11(24(41)42)45-35-16(15-19(28)47-27(30)33-15)21(39)32-17-22(40)38-18(25(43)44)13(10-46-23(17)38)9-36-6-2-3-14-20(36)34-26(29)37(14)8-12-4-5-31-7-12/h2-3,6,11-12,17,23,29,31H,4-5,7-10H2,1H3,(H5,30,32,33,39,41,42,43,44)/p+1/b35-16-/t11-,12?,17?,23?/m0/s1. The molecule has 0 bridgehead atoms. The fraction of sp³-hybridized carbons (Fsp3) is 0.407. The van der Waals surface area contributed by atoms with Crippen LogP contribution in [0.1, 0.15) is 19.0 Å². The Morgan fingerprint density at radius 3 is 2.77 bits per heavy atom. The number of amides is 2. The van der Waals surface area contributed by atoms with E-state index in [1.807, 2.05) is 21.3 Å². The number of carbonyl (C=O) groups is 4. The molecular formula is C27H30ClN10O7S2+. The van der Waals surface area contributed by atoms with Gasteiger partial charge in [-0.25, -0.2) is 19.1 Å². The third-order valence-corrected chi connectivity index (χ3v) is 10.4. The summed E-state index contributed by atoms with van der Waals surface area (Å²) in [5.74, 6) is -3.21. The van der Waals surface area contributed by atoms with Crippen LogP contribution in [0.4, 0.5) is 11.1 Å². The summed E-state index contributed by atoms with van der Waals surface area (Å²) < 4.78 is 3.76. The van der Waals surface area contributed by atoms with E-state index in [0.29, 0.717) is 29.6 Å². The molecule has 6 heterocycles. The second kappa shape index (κ2) is 13.0. The second-order valence-corrected chi connectivity index (χ2v) is 13.8. The highest BCUT2D eigenvalue weighted by molar-refractivity contribution is 8.00. The largest absolute Gasteiger partial charge is 0.478 e. The molecule has 17 nitrogen and oxygen atoms in total. The highest BCUT2D eigenvalue weighted by atomic mass is 35.5. The Balaban J connectivity index is 1.23. The Hall–Kier alpha value is -4.46. The quantitative estimate of drug-likeness (QED) is 0.0658. The molecule has 8 N–H and O–H groups in total. The van der Waals surface area contributed by atoms with Crippen molar-refractivity contribution in [2.75, 3.05) is 30.3 Å². The zero-order valence-corrected chi connectivity index (χ0v) is 27.1. The first-order chi connectivity index (χ1) is 22.4. The highest BCUT2D eigenvalue weighted by Gasteiger charge is 2.54. The van der Waals surface area contributed by atoms with Gasteiger partial charge in [0, 0.05) is 17.9 Å². The molecule has 3 aliphatic heterocycles. The first kappa shape index (κ1) is 32.5. The Morgan fingerprint density at radius 2 is 2.11 bits per heavy atom. The van der Waals surface area contributed by atoms with Crippen molar-refractivity contribution in [2.24, 2.45) is 11.1 Å². The zero-order chi connectivity index (χ0) is 33.6. The number of hydrogen-bond donors (Lipinski definition) is 6. The number of aliphatic carboxylic acids is 2. The van der Waals surface area contributed by atoms with Crippen LogP contribution in [0, 0.1) is 5.92 Å². The number of thioether (sulfide) groups is 1. The normalized spacial score (nSPS) is 21.8. The van der Waals surface area contributed by atoms with Gasteiger partial charge >= 0.3 is 23.5 Å². The molecule has 0 saturated carbocycles. The number of thiazole rings is 1. The summed E-state index contributed by atoms with van der Waals surface area (Å²) in [7, 11) is 0. The monoisotopic (exact) mass is 705 g/mol. The summed E-state index contributed by atoms with van der Waals surface area (Å²) in [6.45, 7) is 3.89. The first-order valence-electron chi connectivity index (χ1n) is 14.4. The van der Waals surface area contributed by atoms with Crippen LogP contribution in [0.3, 0.4) is 0 Å². The van der Waals surface area contributed by atoms with Crippen LogP contribution < -0.4 is 26.7 Å². The molecule has 2 saturated heterocycles. The van der Waals surface area contributed by atoms with Gasteiger partial charge in [-0.2, -0.15) is 0 Å². The average molecular weight is 706 g/mol. The average Bonchev–Trinajstić information content (AvgIpc) is 3.75. The number of carboxylic acids is 2. The number of hydrogen-bond acceptors (Lipinski definition) is 13. The number of anilines is 2. The number of nitrogens with zero attached hydrogens (tertiary/aromatic N) is 6. The molecule has 4 atom stereocenters. The zero-order valence-electron chi connectivity index (χ0n) is 24.8. The smallest absolute Gasteiger partial charge is 0.352 e. The molecule has 3 aliphatic rings. The van der Waals surface area contributed by atoms with Crippen molar-refractivity contribution in [2.45, 2.75) is 44.0 Å². The molecule has 3 aromatic rings. The molecule has 248 valence electrons. The van der Waals surface area contributed by atoms with Gasteiger partial charge in [0.05, 0.1) is 6.20 Å². The fourth-order valence-corrected chi connectivity index (χ4v) is 7.92. The summed E-state index contributed by atoms with van der Waals surface area (Å²) in [5.41, 5.74) is 13.1. The summed E-state index contributed by atoms with van der Waals surface area (Å²) >= 11 is 8.32. The number of carboxylic acid groups (broad SMARTS) is 2. The molecule has 3 unspecified atom stereocenters. The van der Waals surface area contributed by atoms with Crippen molar-refractivity contribution in [3.8, 4) is 0 Å². The minimum Gasteiger partial charge on any atom is -0.478 e. The predicted molar refractivity (Wildman–Crippen MR) is 171 cm³/mol. The third-order valence-electron chi connectivity index (χ3n) is 8.00. The molecule has 0 aromatic carbocycles. The molecule has 2 amide bonds. The van der Waals surface area contributed by atoms with E-state index < -0.39 is 47.0 Å². The number of pyridine rings is 1. The molecular weight excluding hydrogens is 676 g/mol. The van der Waals surface area contributed by atoms with E-state index in [9.17, 15) is 24.3 Å². The maximum Gasteiger partial charge on any atom is 0.352 e. The van der Waals surface area contributed by atoms with Crippen LogP contribution in [0.2, 0.25) is 4.34 Å². The van der Waals surface area contributed by atoms with E-state index in [1.54, 1.807) is 6.20 Å². The Kier molecular flexibility index (Phi) is 8.97. The fourth-order valence-electron chi connectivity index (χ4n) is 5.66. The third kappa shape index (κ3) is 6.18. The van der Waals surface area contributed by atoms with Gasteiger partial charge in [-0.15, -0.1) is 11.8 Å². The number of nitrogen functional groups attached to an aromatic ring is 2. The predicted octanol–water partition coefficient (Wildman–Crippen LogP) is -0.160. The van der Waals surface area contributed by atoms with Gasteiger partial charge in [-0.05, 0) is 49.5 Å². The number of imidazole rings is 1. The number of nitrogens with two attached hydrogens (primary N) is 2. The van der Waals surface area contributed by atoms with Crippen molar-refractivity contribution in [1.82, 2.24) is 30.1 Å². The summed E-state index contributed by atoms with van der Waals surface area (Å²) in [5, 5.41) is 28.2.